The molecule has 0 aliphatic heterocycles. The summed E-state index contributed by atoms with van der Waals surface area (Å²) in [5.41, 5.74) is 0.705. The van der Waals surface area contributed by atoms with Crippen molar-refractivity contribution >= 4 is 61.7 Å². The summed E-state index contributed by atoms with van der Waals surface area (Å²) in [6, 6.07) is 16.3. The lowest BCUT2D eigenvalue weighted by Crippen LogP contribution is -2.50. The number of halogens is 3. The van der Waals surface area contributed by atoms with Crippen molar-refractivity contribution in [2.24, 2.45) is 0 Å². The molecule has 3 aromatic carbocycles. The Balaban J connectivity index is 1.52. The number of amides is 2. The quantitative estimate of drug-likeness (QED) is 0.321. The average molecular weight is 578 g/mol. The number of fused-ring (bicyclic) bond motifs is 1. The highest BCUT2D eigenvalue weighted by atomic mass is 79.9. The number of nitrogens with one attached hydrogen (secondary N) is 1. The minimum atomic E-state index is -0.696. The predicted octanol–water partition coefficient (Wildman–Crippen LogP) is 6.76. The fraction of sp³-hybridized carbons (Fsp3) is 0.333. The van der Waals surface area contributed by atoms with Gasteiger partial charge in [0.2, 0.25) is 5.91 Å². The van der Waals surface area contributed by atoms with E-state index in [4.69, 9.17) is 27.9 Å². The molecule has 3 aromatic rings. The van der Waals surface area contributed by atoms with E-state index in [1.165, 1.54) is 4.90 Å². The second kappa shape index (κ2) is 11.6. The molecule has 1 fully saturated rings. The Hall–Kier alpha value is -2.28. The Morgan fingerprint density at radius 2 is 1.86 bits per heavy atom. The van der Waals surface area contributed by atoms with Gasteiger partial charge < -0.3 is 15.0 Å². The monoisotopic (exact) mass is 576 g/mol. The highest BCUT2D eigenvalue weighted by Gasteiger charge is 2.29. The van der Waals surface area contributed by atoms with Gasteiger partial charge in [-0.05, 0) is 70.2 Å². The van der Waals surface area contributed by atoms with Gasteiger partial charge in [0.05, 0.1) is 4.47 Å². The van der Waals surface area contributed by atoms with E-state index < -0.39 is 6.04 Å². The van der Waals surface area contributed by atoms with Crippen LogP contribution >= 0.6 is 39.1 Å². The van der Waals surface area contributed by atoms with Gasteiger partial charge >= 0.3 is 0 Å². The van der Waals surface area contributed by atoms with Crippen LogP contribution in [-0.4, -0.2) is 35.4 Å². The molecule has 35 heavy (non-hydrogen) atoms. The number of ether oxygens (including phenoxy) is 1. The summed E-state index contributed by atoms with van der Waals surface area (Å²) >= 11 is 16.0. The Labute approximate surface area is 223 Å². The SMILES string of the molecule is C[C@H](C(=O)NC1CCCC1)N(Cc1ccc(Cl)cc1Cl)C(=O)COc1ccc2ccccc2c1Br. The largest absolute Gasteiger partial charge is 0.483 e. The zero-order valence-corrected chi connectivity index (χ0v) is 22.5. The first-order chi connectivity index (χ1) is 16.8. The molecular weight excluding hydrogens is 551 g/mol. The van der Waals surface area contributed by atoms with Crippen LogP contribution in [0.1, 0.15) is 38.2 Å². The van der Waals surface area contributed by atoms with Crippen molar-refractivity contribution in [1.82, 2.24) is 10.2 Å². The summed E-state index contributed by atoms with van der Waals surface area (Å²) < 4.78 is 6.69. The van der Waals surface area contributed by atoms with E-state index >= 15 is 0 Å². The number of hydrogen-bond donors (Lipinski definition) is 1. The van der Waals surface area contributed by atoms with Crippen LogP contribution in [-0.2, 0) is 16.1 Å². The summed E-state index contributed by atoms with van der Waals surface area (Å²) in [5, 5.41) is 6.10. The molecule has 0 radical (unpaired) electrons. The molecule has 0 bridgehead atoms. The molecule has 0 spiro atoms. The second-order valence-electron chi connectivity index (χ2n) is 8.81. The molecule has 2 amide bonds. The van der Waals surface area contributed by atoms with Gasteiger partial charge in [0.25, 0.3) is 5.91 Å². The molecule has 0 aromatic heterocycles. The fourth-order valence-corrected chi connectivity index (χ4v) is 5.43. The molecule has 4 rings (SSSR count). The van der Waals surface area contributed by atoms with Gasteiger partial charge in [0, 0.05) is 22.6 Å². The lowest BCUT2D eigenvalue weighted by atomic mass is 10.1. The highest BCUT2D eigenvalue weighted by Crippen LogP contribution is 2.33. The predicted molar refractivity (Wildman–Crippen MR) is 144 cm³/mol. The number of nitrogens with zero attached hydrogens (tertiary/aromatic N) is 1. The maximum absolute atomic E-state index is 13.4. The number of carbonyl (C=O) groups excluding carboxylic acids is 2. The van der Waals surface area contributed by atoms with Gasteiger partial charge in [-0.1, -0.05) is 72.4 Å². The molecule has 1 N–H and O–H groups in total. The number of carbonyl (C=O) groups is 2. The lowest BCUT2D eigenvalue weighted by molar-refractivity contribution is -0.142. The van der Waals surface area contributed by atoms with Gasteiger partial charge in [-0.25, -0.2) is 0 Å². The topological polar surface area (TPSA) is 58.6 Å². The molecule has 0 heterocycles. The summed E-state index contributed by atoms with van der Waals surface area (Å²) in [6.07, 6.45) is 4.15. The van der Waals surface area contributed by atoms with Crippen molar-refractivity contribution in [2.45, 2.75) is 51.2 Å². The molecule has 184 valence electrons. The number of benzene rings is 3. The van der Waals surface area contributed by atoms with Crippen LogP contribution in [0.5, 0.6) is 5.75 Å². The average Bonchev–Trinajstić information content (AvgIpc) is 3.36. The Morgan fingerprint density at radius 3 is 2.60 bits per heavy atom. The van der Waals surface area contributed by atoms with Gasteiger partial charge in [-0.15, -0.1) is 0 Å². The van der Waals surface area contributed by atoms with Crippen molar-refractivity contribution in [3.05, 3.63) is 74.7 Å². The van der Waals surface area contributed by atoms with Crippen LogP contribution in [0.4, 0.5) is 0 Å². The second-order valence-corrected chi connectivity index (χ2v) is 10.4. The van der Waals surface area contributed by atoms with Gasteiger partial charge in [0.15, 0.2) is 6.61 Å². The van der Waals surface area contributed by atoms with E-state index in [0.29, 0.717) is 21.4 Å². The number of hydrogen-bond acceptors (Lipinski definition) is 3. The van der Waals surface area contributed by atoms with Crippen LogP contribution < -0.4 is 10.1 Å². The van der Waals surface area contributed by atoms with E-state index in [2.05, 4.69) is 21.2 Å². The van der Waals surface area contributed by atoms with Gasteiger partial charge in [-0.3, -0.25) is 9.59 Å². The van der Waals surface area contributed by atoms with Crippen molar-refractivity contribution in [1.29, 1.82) is 0 Å². The molecule has 1 aliphatic carbocycles. The first-order valence-corrected chi connectivity index (χ1v) is 13.2. The molecule has 5 nitrogen and oxygen atoms in total. The molecule has 1 atom stereocenters. The van der Waals surface area contributed by atoms with E-state index in [-0.39, 0.29) is 31.0 Å². The molecule has 1 aliphatic rings. The minimum Gasteiger partial charge on any atom is -0.483 e. The van der Waals surface area contributed by atoms with E-state index in [0.717, 1.165) is 40.9 Å². The molecule has 0 unspecified atom stereocenters. The summed E-state index contributed by atoms with van der Waals surface area (Å²) in [4.78, 5) is 27.9. The Bertz CT molecular complexity index is 1230. The molecule has 0 saturated heterocycles. The van der Waals surface area contributed by atoms with Gasteiger partial charge in [-0.2, -0.15) is 0 Å². The fourth-order valence-electron chi connectivity index (χ4n) is 4.36. The maximum Gasteiger partial charge on any atom is 0.261 e. The van der Waals surface area contributed by atoms with Crippen molar-refractivity contribution < 1.29 is 14.3 Å². The Morgan fingerprint density at radius 1 is 1.11 bits per heavy atom. The maximum atomic E-state index is 13.4. The zero-order valence-electron chi connectivity index (χ0n) is 19.4. The number of rotatable bonds is 8. The van der Waals surface area contributed by atoms with Crippen molar-refractivity contribution in [3.8, 4) is 5.75 Å². The van der Waals surface area contributed by atoms with Crippen molar-refractivity contribution in [2.75, 3.05) is 6.61 Å². The smallest absolute Gasteiger partial charge is 0.261 e. The standard InChI is InChI=1S/C27H27BrCl2N2O3/c1-17(27(34)31-21-7-3-4-8-21)32(15-19-10-12-20(29)14-23(19)30)25(33)16-35-24-13-11-18-6-2-5-9-22(18)26(24)28/h2,5-6,9-14,17,21H,3-4,7-8,15-16H2,1H3,(H,31,34)/t17-/m1/s1. The molecular formula is C27H27BrCl2N2O3. The van der Waals surface area contributed by atoms with E-state index in [9.17, 15) is 9.59 Å². The third-order valence-electron chi connectivity index (χ3n) is 6.40. The third kappa shape index (κ3) is 6.29. The van der Waals surface area contributed by atoms with E-state index in [1.807, 2.05) is 36.4 Å². The van der Waals surface area contributed by atoms with Crippen LogP contribution in [0, 0.1) is 0 Å². The van der Waals surface area contributed by atoms with Gasteiger partial charge in [0.1, 0.15) is 11.8 Å². The molecule has 1 saturated carbocycles. The highest BCUT2D eigenvalue weighted by molar-refractivity contribution is 9.10. The van der Waals surface area contributed by atoms with Crippen molar-refractivity contribution in [3.63, 3.8) is 0 Å². The Kier molecular flexibility index (Phi) is 8.58. The summed E-state index contributed by atoms with van der Waals surface area (Å²) in [6.45, 7) is 1.68. The third-order valence-corrected chi connectivity index (χ3v) is 7.81. The summed E-state index contributed by atoms with van der Waals surface area (Å²) in [5.74, 6) is 0.0666. The molecule has 8 heteroatoms. The lowest BCUT2D eigenvalue weighted by Gasteiger charge is -2.30. The van der Waals surface area contributed by atoms with Crippen LogP contribution in [0.15, 0.2) is 59.1 Å². The first-order valence-electron chi connectivity index (χ1n) is 11.7. The first kappa shape index (κ1) is 25.8. The normalized spacial score (nSPS) is 14.6. The van der Waals surface area contributed by atoms with E-state index in [1.54, 1.807) is 25.1 Å². The van der Waals surface area contributed by atoms with Crippen LogP contribution in [0.25, 0.3) is 10.8 Å². The zero-order chi connectivity index (χ0) is 24.9. The summed E-state index contributed by atoms with van der Waals surface area (Å²) in [7, 11) is 0. The van der Waals surface area contributed by atoms with Crippen LogP contribution in [0.3, 0.4) is 0 Å². The minimum absolute atomic E-state index is 0.158. The van der Waals surface area contributed by atoms with Crippen LogP contribution in [0.2, 0.25) is 10.0 Å².